The number of ether oxygens (including phenoxy) is 4. The van der Waals surface area contributed by atoms with Crippen molar-refractivity contribution in [3.8, 4) is 35.1 Å². The summed E-state index contributed by atoms with van der Waals surface area (Å²) >= 11 is 0. The number of rotatable bonds is 18. The maximum absolute atomic E-state index is 8.97. The molecular weight excluding hydrogens is 669 g/mol. The summed E-state index contributed by atoms with van der Waals surface area (Å²) in [6, 6.07) is 56.3. The quantitative estimate of drug-likeness (QED) is 0.0652. The fraction of sp³-hybridized carbons (Fsp3) is 0.167. The van der Waals surface area contributed by atoms with Gasteiger partial charge in [0.05, 0.1) is 49.7 Å². The van der Waals surface area contributed by atoms with E-state index in [4.69, 9.17) is 29.5 Å². The molecule has 0 aliphatic rings. The van der Waals surface area contributed by atoms with E-state index in [1.165, 1.54) is 0 Å². The summed E-state index contributed by atoms with van der Waals surface area (Å²) in [6.07, 6.45) is 3.44. The summed E-state index contributed by atoms with van der Waals surface area (Å²) in [6.45, 7) is 2.36. The number of hydrogen-bond donors (Lipinski definition) is 0. The molecule has 54 heavy (non-hydrogen) atoms. The van der Waals surface area contributed by atoms with Crippen LogP contribution in [0.25, 0.3) is 11.1 Å². The van der Waals surface area contributed by atoms with Crippen LogP contribution in [0.4, 0.5) is 0 Å². The molecule has 6 rings (SSSR count). The van der Waals surface area contributed by atoms with Gasteiger partial charge in [0.1, 0.15) is 23.0 Å². The fourth-order valence-electron chi connectivity index (χ4n) is 5.98. The summed E-state index contributed by atoms with van der Waals surface area (Å²) in [5.74, 6) is 3.18. The smallest absolute Gasteiger partial charge is 0.119 e. The highest BCUT2D eigenvalue weighted by atomic mass is 16.5. The molecule has 6 aromatic rings. The van der Waals surface area contributed by atoms with Crippen LogP contribution < -0.4 is 18.9 Å². The maximum atomic E-state index is 8.97. The van der Waals surface area contributed by atoms with Crippen molar-refractivity contribution in [1.29, 1.82) is 10.5 Å². The van der Waals surface area contributed by atoms with Gasteiger partial charge in [0, 0.05) is 0 Å². The number of unbranched alkanes of at least 4 members (excludes halogenated alkanes) is 2. The molecule has 0 radical (unpaired) electrons. The summed E-state index contributed by atoms with van der Waals surface area (Å²) in [5, 5.41) is 17.9. The van der Waals surface area contributed by atoms with Gasteiger partial charge in [0.2, 0.25) is 0 Å². The van der Waals surface area contributed by atoms with Crippen molar-refractivity contribution in [1.82, 2.24) is 0 Å². The second-order valence-electron chi connectivity index (χ2n) is 12.6. The zero-order valence-corrected chi connectivity index (χ0v) is 30.2. The minimum atomic E-state index is 0.590. The highest BCUT2D eigenvalue weighted by Crippen LogP contribution is 2.38. The van der Waals surface area contributed by atoms with Crippen molar-refractivity contribution >= 4 is 11.1 Å². The number of benzene rings is 6. The number of hydrogen-bond acceptors (Lipinski definition) is 6. The van der Waals surface area contributed by atoms with E-state index in [0.29, 0.717) is 37.6 Å². The molecule has 0 spiro atoms. The Kier molecular flexibility index (Phi) is 13.5. The normalized spacial score (nSPS) is 11.1. The monoisotopic (exact) mass is 710 g/mol. The third-order valence-electron chi connectivity index (χ3n) is 8.78. The van der Waals surface area contributed by atoms with Gasteiger partial charge < -0.3 is 18.9 Å². The van der Waals surface area contributed by atoms with Gasteiger partial charge in [-0.3, -0.25) is 0 Å². The van der Waals surface area contributed by atoms with E-state index in [0.717, 1.165) is 82.1 Å². The largest absolute Gasteiger partial charge is 0.494 e. The van der Waals surface area contributed by atoms with Crippen LogP contribution in [0.5, 0.6) is 23.0 Å². The average Bonchev–Trinajstić information content (AvgIpc) is 3.24. The van der Waals surface area contributed by atoms with Gasteiger partial charge in [-0.2, -0.15) is 10.5 Å². The molecule has 0 aliphatic heterocycles. The second-order valence-corrected chi connectivity index (χ2v) is 12.6. The molecule has 0 unspecified atom stereocenters. The van der Waals surface area contributed by atoms with E-state index in [9.17, 15) is 0 Å². The van der Waals surface area contributed by atoms with Gasteiger partial charge in [0.25, 0.3) is 0 Å². The Morgan fingerprint density at radius 2 is 0.593 bits per heavy atom. The molecular formula is C48H42N2O4. The average molecular weight is 711 g/mol. The molecule has 6 nitrogen and oxygen atoms in total. The Morgan fingerprint density at radius 3 is 0.870 bits per heavy atom. The van der Waals surface area contributed by atoms with Crippen molar-refractivity contribution in [2.75, 3.05) is 26.4 Å². The molecule has 0 fully saturated rings. The third kappa shape index (κ3) is 10.6. The summed E-state index contributed by atoms with van der Waals surface area (Å²) in [7, 11) is 0. The van der Waals surface area contributed by atoms with Gasteiger partial charge in [-0.05, 0) is 132 Å². The van der Waals surface area contributed by atoms with Crippen LogP contribution in [0, 0.1) is 22.7 Å². The number of nitriles is 2. The Morgan fingerprint density at radius 1 is 0.333 bits per heavy atom. The van der Waals surface area contributed by atoms with Crippen LogP contribution in [0.1, 0.15) is 59.1 Å². The van der Waals surface area contributed by atoms with E-state index in [1.807, 2.05) is 60.7 Å². The van der Waals surface area contributed by atoms with Crippen LogP contribution >= 0.6 is 0 Å². The van der Waals surface area contributed by atoms with E-state index < -0.39 is 0 Å². The molecule has 268 valence electrons. The van der Waals surface area contributed by atoms with Gasteiger partial charge in [-0.25, -0.2) is 0 Å². The topological polar surface area (TPSA) is 84.5 Å². The van der Waals surface area contributed by atoms with Crippen molar-refractivity contribution in [3.05, 3.63) is 191 Å². The van der Waals surface area contributed by atoms with E-state index in [1.54, 1.807) is 24.3 Å². The first-order chi connectivity index (χ1) is 26.7. The zero-order chi connectivity index (χ0) is 37.2. The lowest BCUT2D eigenvalue weighted by Gasteiger charge is -2.19. The molecule has 0 atom stereocenters. The predicted octanol–water partition coefficient (Wildman–Crippen LogP) is 10.9. The van der Waals surface area contributed by atoms with Gasteiger partial charge in [0.15, 0.2) is 0 Å². The number of nitrogens with zero attached hydrogens (tertiary/aromatic N) is 2. The lowest BCUT2D eigenvalue weighted by molar-refractivity contribution is 0.266. The standard InChI is InChI=1S/C48H42N2O4/c49-35-37-15-23-43(24-16-37)51-31-7-9-33-53-45-27-19-41(20-28-45)47(39-11-3-1-4-12-39)48(40-13-5-2-6-14-40)42-21-29-46(30-22-42)54-34-10-8-32-52-44-25-17-38(36-50)18-26-44/h1-6,11-30H,7-10,31-34H2/b48-47+. The summed E-state index contributed by atoms with van der Waals surface area (Å²) < 4.78 is 23.8. The molecule has 0 heterocycles. The van der Waals surface area contributed by atoms with E-state index in [-0.39, 0.29) is 0 Å². The first kappa shape index (κ1) is 37.0. The predicted molar refractivity (Wildman–Crippen MR) is 214 cm³/mol. The molecule has 6 aromatic carbocycles. The molecule has 0 saturated heterocycles. The second kappa shape index (κ2) is 19.7. The van der Waals surface area contributed by atoms with Crippen LogP contribution in [0.2, 0.25) is 0 Å². The molecule has 0 aromatic heterocycles. The molecule has 0 N–H and O–H groups in total. The van der Waals surface area contributed by atoms with Crippen LogP contribution in [0.3, 0.4) is 0 Å². The van der Waals surface area contributed by atoms with Crippen molar-refractivity contribution in [2.45, 2.75) is 25.7 Å². The minimum absolute atomic E-state index is 0.590. The lowest BCUT2D eigenvalue weighted by Crippen LogP contribution is -2.03. The van der Waals surface area contributed by atoms with Crippen molar-refractivity contribution in [3.63, 3.8) is 0 Å². The van der Waals surface area contributed by atoms with Gasteiger partial charge in [-0.15, -0.1) is 0 Å². The van der Waals surface area contributed by atoms with Crippen LogP contribution in [0.15, 0.2) is 158 Å². The molecule has 0 amide bonds. The maximum Gasteiger partial charge on any atom is 0.119 e. The Balaban J connectivity index is 1.11. The minimum Gasteiger partial charge on any atom is -0.494 e. The van der Waals surface area contributed by atoms with Gasteiger partial charge >= 0.3 is 0 Å². The third-order valence-corrected chi connectivity index (χ3v) is 8.78. The van der Waals surface area contributed by atoms with Crippen LogP contribution in [-0.4, -0.2) is 26.4 Å². The summed E-state index contributed by atoms with van der Waals surface area (Å²) in [4.78, 5) is 0. The zero-order valence-electron chi connectivity index (χ0n) is 30.2. The Hall–Kier alpha value is -6.76. The Labute approximate surface area is 318 Å². The SMILES string of the molecule is N#Cc1ccc(OCCCCOc2ccc(/C(=C(\c3ccccc3)c3ccc(OCCCCOc4ccc(C#N)cc4)cc3)c3ccccc3)cc2)cc1. The molecule has 0 saturated carbocycles. The molecule has 0 bridgehead atoms. The first-order valence-electron chi connectivity index (χ1n) is 18.3. The summed E-state index contributed by atoms with van der Waals surface area (Å²) in [5.41, 5.74) is 7.92. The lowest BCUT2D eigenvalue weighted by atomic mass is 9.86. The molecule has 6 heteroatoms. The van der Waals surface area contributed by atoms with E-state index >= 15 is 0 Å². The first-order valence-corrected chi connectivity index (χ1v) is 18.3. The van der Waals surface area contributed by atoms with Crippen LogP contribution in [-0.2, 0) is 0 Å². The molecule has 0 aliphatic carbocycles. The fourth-order valence-corrected chi connectivity index (χ4v) is 5.98. The highest BCUT2D eigenvalue weighted by Gasteiger charge is 2.16. The van der Waals surface area contributed by atoms with Crippen molar-refractivity contribution in [2.24, 2.45) is 0 Å². The van der Waals surface area contributed by atoms with Crippen molar-refractivity contribution < 1.29 is 18.9 Å². The Bertz CT molecular complexity index is 1990. The van der Waals surface area contributed by atoms with E-state index in [2.05, 4.69) is 84.9 Å². The van der Waals surface area contributed by atoms with Gasteiger partial charge in [-0.1, -0.05) is 84.9 Å². The highest BCUT2D eigenvalue weighted by molar-refractivity contribution is 6.04.